The summed E-state index contributed by atoms with van der Waals surface area (Å²) in [5, 5.41) is 9.76. The lowest BCUT2D eigenvalue weighted by Crippen LogP contribution is -2.41. The molecule has 7 nitrogen and oxygen atoms in total. The minimum absolute atomic E-state index is 0.188. The number of carboxylic acid groups (broad SMARTS) is 1. The molecule has 0 heterocycles. The van der Waals surface area contributed by atoms with Crippen molar-refractivity contribution in [1.29, 1.82) is 0 Å². The number of aryl methyl sites for hydroxylation is 2. The minimum Gasteiger partial charge on any atom is -0.481 e. The average Bonchev–Trinajstić information content (AvgIpc) is 2.76. The molecule has 0 radical (unpaired) electrons. The predicted octanol–water partition coefficient (Wildman–Crippen LogP) is 4.22. The fourth-order valence-electron chi connectivity index (χ4n) is 3.77. The number of nitrogens with one attached hydrogen (secondary N) is 1. The molecule has 33 heavy (non-hydrogen) atoms. The van der Waals surface area contributed by atoms with E-state index < -0.39 is 47.1 Å². The van der Waals surface area contributed by atoms with E-state index in [4.69, 9.17) is 0 Å². The number of carboxylic acids is 1. The van der Waals surface area contributed by atoms with Gasteiger partial charge in [0.25, 0.3) is 0 Å². The first kappa shape index (κ1) is 27.3. The third-order valence-corrected chi connectivity index (χ3v) is 9.69. The van der Waals surface area contributed by atoms with Gasteiger partial charge < -0.3 is 10.00 Å². The number of hydrogen-bond donors (Lipinski definition) is 3. The van der Waals surface area contributed by atoms with Crippen LogP contribution in [0, 0.1) is 5.92 Å². The highest BCUT2D eigenvalue weighted by atomic mass is 32.2. The molecule has 2 rings (SSSR count). The zero-order valence-corrected chi connectivity index (χ0v) is 21.1. The molecule has 0 saturated heterocycles. The van der Waals surface area contributed by atoms with Gasteiger partial charge >= 0.3 is 5.97 Å². The van der Waals surface area contributed by atoms with Crippen molar-refractivity contribution in [3.05, 3.63) is 71.3 Å². The van der Waals surface area contributed by atoms with Gasteiger partial charge in [-0.2, -0.15) is 0 Å². The van der Waals surface area contributed by atoms with Crippen LogP contribution in [0.4, 0.5) is 0 Å². The lowest BCUT2D eigenvalue weighted by Gasteiger charge is -2.29. The number of hydrogen-bond acceptors (Lipinski definition) is 4. The molecule has 2 aromatic carbocycles. The summed E-state index contributed by atoms with van der Waals surface area (Å²) in [6, 6.07) is 16.4. The van der Waals surface area contributed by atoms with Gasteiger partial charge in [-0.1, -0.05) is 75.4 Å². The van der Waals surface area contributed by atoms with Gasteiger partial charge in [-0.3, -0.25) is 9.36 Å². The van der Waals surface area contributed by atoms with Gasteiger partial charge in [0.1, 0.15) is 5.78 Å². The van der Waals surface area contributed by atoms with E-state index in [1.165, 1.54) is 0 Å². The Balaban J connectivity index is 2.15. The Morgan fingerprint density at radius 3 is 2.27 bits per heavy atom. The van der Waals surface area contributed by atoms with Gasteiger partial charge in [0.15, 0.2) is 0 Å². The van der Waals surface area contributed by atoms with Crippen molar-refractivity contribution in [2.24, 2.45) is 5.92 Å². The standard InChI is InChI=1S/C24H34NO6PS/c1-4-19-12-8-14-21(16-19)22(24(26)27)17-32(28,29)23(18(2)3)25-33(30,31)15-9-13-20-10-6-5-7-11-20/h5-8,10-12,14,16,18,22-23,25H,4,9,13,15,17H2,1-3H3,(H,26,27)(H,28,29)/t22-,23+/m0/s1. The van der Waals surface area contributed by atoms with Gasteiger partial charge in [0, 0.05) is 6.16 Å². The maximum atomic E-state index is 13.3. The Hall–Kier alpha value is -1.99. The lowest BCUT2D eigenvalue weighted by molar-refractivity contribution is -0.138. The van der Waals surface area contributed by atoms with Crippen molar-refractivity contribution in [3.8, 4) is 0 Å². The predicted molar refractivity (Wildman–Crippen MR) is 131 cm³/mol. The van der Waals surface area contributed by atoms with E-state index >= 15 is 0 Å². The molecule has 0 aliphatic heterocycles. The first-order valence-electron chi connectivity index (χ1n) is 11.1. The summed E-state index contributed by atoms with van der Waals surface area (Å²) in [4.78, 5) is 22.8. The van der Waals surface area contributed by atoms with Crippen LogP contribution in [-0.4, -0.2) is 42.1 Å². The topological polar surface area (TPSA) is 121 Å². The van der Waals surface area contributed by atoms with Gasteiger partial charge in [0.05, 0.1) is 11.7 Å². The molecule has 3 N–H and O–H groups in total. The third kappa shape index (κ3) is 8.38. The molecular weight excluding hydrogens is 461 g/mol. The normalized spacial score (nSPS) is 15.7. The summed E-state index contributed by atoms with van der Waals surface area (Å²) in [7, 11) is -8.06. The van der Waals surface area contributed by atoms with Crippen molar-refractivity contribution in [3.63, 3.8) is 0 Å². The van der Waals surface area contributed by atoms with Crippen LogP contribution >= 0.6 is 7.37 Å². The van der Waals surface area contributed by atoms with Crippen molar-refractivity contribution < 1.29 is 27.8 Å². The molecule has 0 aromatic heterocycles. The molecule has 0 bridgehead atoms. The van der Waals surface area contributed by atoms with Crippen molar-refractivity contribution >= 4 is 23.4 Å². The van der Waals surface area contributed by atoms with E-state index in [2.05, 4.69) is 4.72 Å². The minimum atomic E-state index is -4.22. The Morgan fingerprint density at radius 1 is 1.06 bits per heavy atom. The highest BCUT2D eigenvalue weighted by Gasteiger charge is 2.40. The number of carbonyl (C=O) groups is 1. The first-order chi connectivity index (χ1) is 15.4. The van der Waals surface area contributed by atoms with Crippen LogP contribution < -0.4 is 4.72 Å². The molecule has 182 valence electrons. The van der Waals surface area contributed by atoms with Crippen LogP contribution in [0.25, 0.3) is 0 Å². The quantitative estimate of drug-likeness (QED) is 0.358. The molecule has 0 aliphatic rings. The number of sulfonamides is 1. The second-order valence-electron chi connectivity index (χ2n) is 8.64. The second kappa shape index (κ2) is 11.9. The van der Waals surface area contributed by atoms with Crippen LogP contribution in [0.2, 0.25) is 0 Å². The van der Waals surface area contributed by atoms with Crippen LogP contribution in [0.5, 0.6) is 0 Å². The van der Waals surface area contributed by atoms with E-state index in [0.29, 0.717) is 24.8 Å². The van der Waals surface area contributed by atoms with Crippen molar-refractivity contribution in [2.75, 3.05) is 11.9 Å². The number of benzene rings is 2. The fourth-order valence-corrected chi connectivity index (χ4v) is 8.24. The average molecular weight is 496 g/mol. The third-order valence-electron chi connectivity index (χ3n) is 5.59. The summed E-state index contributed by atoms with van der Waals surface area (Å²) >= 11 is 0. The van der Waals surface area contributed by atoms with Gasteiger partial charge in [-0.05, 0) is 41.9 Å². The van der Waals surface area contributed by atoms with E-state index in [0.717, 1.165) is 11.1 Å². The SMILES string of the molecule is CCc1cccc([C@H](CP(=O)(O)[C@@H](NS(=O)(=O)CCCc2ccccc2)C(C)C)C(=O)O)c1. The van der Waals surface area contributed by atoms with Crippen molar-refractivity contribution in [2.45, 2.75) is 51.7 Å². The molecule has 0 spiro atoms. The Labute approximate surface area is 196 Å². The van der Waals surface area contributed by atoms with Crippen LogP contribution in [0.1, 0.15) is 49.8 Å². The number of rotatable bonds is 13. The molecule has 2 aromatic rings. The molecule has 0 fully saturated rings. The van der Waals surface area contributed by atoms with E-state index in [9.17, 15) is 27.8 Å². The lowest BCUT2D eigenvalue weighted by atomic mass is 9.98. The highest BCUT2D eigenvalue weighted by Crippen LogP contribution is 2.51. The van der Waals surface area contributed by atoms with Crippen LogP contribution in [0.15, 0.2) is 54.6 Å². The molecule has 0 amide bonds. The summed E-state index contributed by atoms with van der Waals surface area (Å²) in [5.41, 5.74) is 2.37. The molecule has 0 saturated carbocycles. The van der Waals surface area contributed by atoms with E-state index in [-0.39, 0.29) is 5.75 Å². The zero-order chi connectivity index (χ0) is 24.6. The van der Waals surface area contributed by atoms with Gasteiger partial charge in [-0.25, -0.2) is 13.1 Å². The van der Waals surface area contributed by atoms with Gasteiger partial charge in [-0.15, -0.1) is 0 Å². The highest BCUT2D eigenvalue weighted by molar-refractivity contribution is 7.89. The zero-order valence-electron chi connectivity index (χ0n) is 19.3. The fraction of sp³-hybridized carbons (Fsp3) is 0.458. The maximum absolute atomic E-state index is 13.3. The van der Waals surface area contributed by atoms with Crippen molar-refractivity contribution in [1.82, 2.24) is 4.72 Å². The summed E-state index contributed by atoms with van der Waals surface area (Å²) < 4.78 is 41.1. The monoisotopic (exact) mass is 495 g/mol. The van der Waals surface area contributed by atoms with Crippen LogP contribution in [-0.2, 0) is 32.2 Å². The summed E-state index contributed by atoms with van der Waals surface area (Å²) in [6.45, 7) is 5.23. The second-order valence-corrected chi connectivity index (χ2v) is 12.9. The Morgan fingerprint density at radius 2 is 1.70 bits per heavy atom. The summed E-state index contributed by atoms with van der Waals surface area (Å²) in [6.07, 6.45) is 1.08. The largest absolute Gasteiger partial charge is 0.481 e. The van der Waals surface area contributed by atoms with Gasteiger partial charge in [0.2, 0.25) is 17.4 Å². The maximum Gasteiger partial charge on any atom is 0.311 e. The molecule has 3 atom stereocenters. The molecule has 1 unspecified atom stereocenters. The smallest absolute Gasteiger partial charge is 0.311 e. The van der Waals surface area contributed by atoms with E-state index in [1.807, 2.05) is 43.3 Å². The number of aliphatic carboxylic acids is 1. The van der Waals surface area contributed by atoms with E-state index in [1.54, 1.807) is 32.0 Å². The van der Waals surface area contributed by atoms with Crippen LogP contribution in [0.3, 0.4) is 0 Å². The molecular formula is C24H34NO6PS. The first-order valence-corrected chi connectivity index (χ1v) is 14.7. The summed E-state index contributed by atoms with van der Waals surface area (Å²) in [5.74, 6) is -4.38. The Kier molecular flexibility index (Phi) is 9.85. The Bertz CT molecular complexity index is 1070. The molecule has 9 heteroatoms. The molecule has 0 aliphatic carbocycles.